The Kier molecular flexibility index (Phi) is 3.77. The first-order valence-electron chi connectivity index (χ1n) is 6.98. The average Bonchev–Trinajstić information content (AvgIpc) is 2.84. The summed E-state index contributed by atoms with van der Waals surface area (Å²) in [5.74, 6) is 1.02. The molecule has 1 aliphatic heterocycles. The summed E-state index contributed by atoms with van der Waals surface area (Å²) in [5, 5.41) is 5.03. The number of fused-ring (bicyclic) bond motifs is 1. The van der Waals surface area contributed by atoms with E-state index in [2.05, 4.69) is 15.3 Å². The number of H-pyrrole nitrogens is 1. The third kappa shape index (κ3) is 2.71. The van der Waals surface area contributed by atoms with Crippen LogP contribution >= 0.6 is 11.3 Å². The van der Waals surface area contributed by atoms with E-state index in [0.29, 0.717) is 28.5 Å². The standard InChI is InChI=1S/C14H18N4O2S/c1-8(9-5-15-6-9)14(20)18(2)7-11-16-10-3-4-21-12(10)13(19)17-11/h3-4,8-9,15H,5-7H2,1-2H3,(H,16,17,19). The summed E-state index contributed by atoms with van der Waals surface area (Å²) in [4.78, 5) is 33.1. The average molecular weight is 306 g/mol. The molecule has 2 aromatic rings. The summed E-state index contributed by atoms with van der Waals surface area (Å²) in [6, 6.07) is 1.82. The van der Waals surface area contributed by atoms with Crippen molar-refractivity contribution in [2.75, 3.05) is 20.1 Å². The van der Waals surface area contributed by atoms with Crippen molar-refractivity contribution in [3.05, 3.63) is 27.6 Å². The maximum atomic E-state index is 12.4. The van der Waals surface area contributed by atoms with Crippen molar-refractivity contribution in [1.82, 2.24) is 20.2 Å². The van der Waals surface area contributed by atoms with Crippen LogP contribution in [0.2, 0.25) is 0 Å². The number of carbonyl (C=O) groups is 1. The van der Waals surface area contributed by atoms with Gasteiger partial charge in [-0.2, -0.15) is 0 Å². The van der Waals surface area contributed by atoms with E-state index in [9.17, 15) is 9.59 Å². The summed E-state index contributed by atoms with van der Waals surface area (Å²) in [5.41, 5.74) is 0.554. The molecule has 0 aromatic carbocycles. The van der Waals surface area contributed by atoms with Crippen LogP contribution in [-0.2, 0) is 11.3 Å². The molecule has 112 valence electrons. The highest BCUT2D eigenvalue weighted by molar-refractivity contribution is 7.17. The molecule has 6 nitrogen and oxygen atoms in total. The molecule has 0 bridgehead atoms. The number of aromatic nitrogens is 2. The van der Waals surface area contributed by atoms with Gasteiger partial charge in [0.25, 0.3) is 5.56 Å². The van der Waals surface area contributed by atoms with E-state index in [4.69, 9.17) is 0 Å². The van der Waals surface area contributed by atoms with Gasteiger partial charge in [0, 0.05) is 13.0 Å². The highest BCUT2D eigenvalue weighted by Gasteiger charge is 2.30. The largest absolute Gasteiger partial charge is 0.338 e. The molecule has 1 saturated heterocycles. The van der Waals surface area contributed by atoms with Crippen LogP contribution in [0.25, 0.3) is 10.2 Å². The van der Waals surface area contributed by atoms with Gasteiger partial charge in [0.2, 0.25) is 5.91 Å². The Balaban J connectivity index is 1.74. The molecule has 3 rings (SSSR count). The first-order valence-corrected chi connectivity index (χ1v) is 7.86. The number of aromatic amines is 1. The molecule has 2 aromatic heterocycles. The summed E-state index contributed by atoms with van der Waals surface area (Å²) in [6.07, 6.45) is 0. The van der Waals surface area contributed by atoms with Crippen molar-refractivity contribution >= 4 is 27.5 Å². The SMILES string of the molecule is CC(C(=O)N(C)Cc1nc2ccsc2c(=O)[nH]1)C1CNC1. The number of hydrogen-bond donors (Lipinski definition) is 2. The molecule has 1 atom stereocenters. The fourth-order valence-corrected chi connectivity index (χ4v) is 3.24. The maximum Gasteiger partial charge on any atom is 0.268 e. The van der Waals surface area contributed by atoms with Gasteiger partial charge in [-0.05, 0) is 30.5 Å². The Morgan fingerprint density at radius 1 is 1.57 bits per heavy atom. The molecule has 3 heterocycles. The van der Waals surface area contributed by atoms with Gasteiger partial charge in [0.15, 0.2) is 0 Å². The van der Waals surface area contributed by atoms with Crippen molar-refractivity contribution in [2.24, 2.45) is 11.8 Å². The second-order valence-electron chi connectivity index (χ2n) is 5.55. The van der Waals surface area contributed by atoms with Gasteiger partial charge < -0.3 is 15.2 Å². The van der Waals surface area contributed by atoms with Crippen LogP contribution in [0.3, 0.4) is 0 Å². The van der Waals surface area contributed by atoms with E-state index in [1.54, 1.807) is 11.9 Å². The smallest absolute Gasteiger partial charge is 0.268 e. The Hall–Kier alpha value is -1.73. The van der Waals surface area contributed by atoms with Gasteiger partial charge >= 0.3 is 0 Å². The van der Waals surface area contributed by atoms with Crippen molar-refractivity contribution < 1.29 is 4.79 Å². The third-order valence-corrected chi connectivity index (χ3v) is 4.94. The molecule has 0 spiro atoms. The lowest BCUT2D eigenvalue weighted by atomic mass is 9.88. The van der Waals surface area contributed by atoms with Crippen molar-refractivity contribution in [3.63, 3.8) is 0 Å². The van der Waals surface area contributed by atoms with Gasteiger partial charge in [-0.1, -0.05) is 6.92 Å². The first-order chi connectivity index (χ1) is 10.1. The van der Waals surface area contributed by atoms with Gasteiger partial charge in [-0.25, -0.2) is 4.98 Å². The van der Waals surface area contributed by atoms with Gasteiger partial charge in [0.1, 0.15) is 10.5 Å². The lowest BCUT2D eigenvalue weighted by Gasteiger charge is -2.33. The zero-order valence-electron chi connectivity index (χ0n) is 12.0. The third-order valence-electron chi connectivity index (χ3n) is 4.04. The second-order valence-corrected chi connectivity index (χ2v) is 6.47. The zero-order chi connectivity index (χ0) is 15.0. The fourth-order valence-electron chi connectivity index (χ4n) is 2.51. The van der Waals surface area contributed by atoms with Crippen LogP contribution < -0.4 is 10.9 Å². The van der Waals surface area contributed by atoms with Crippen molar-refractivity contribution in [2.45, 2.75) is 13.5 Å². The number of nitrogens with one attached hydrogen (secondary N) is 2. The molecule has 0 saturated carbocycles. The molecule has 1 aliphatic rings. The van der Waals surface area contributed by atoms with Crippen molar-refractivity contribution in [1.29, 1.82) is 0 Å². The predicted octanol–water partition coefficient (Wildman–Crippen LogP) is 0.798. The minimum atomic E-state index is -0.137. The summed E-state index contributed by atoms with van der Waals surface area (Å²) in [7, 11) is 1.75. The monoisotopic (exact) mass is 306 g/mol. The fraction of sp³-hybridized carbons (Fsp3) is 0.500. The van der Waals surface area contributed by atoms with Crippen LogP contribution in [-0.4, -0.2) is 40.9 Å². The van der Waals surface area contributed by atoms with E-state index in [0.717, 1.165) is 13.1 Å². The van der Waals surface area contributed by atoms with Crippen LogP contribution in [0.1, 0.15) is 12.7 Å². The van der Waals surface area contributed by atoms with E-state index < -0.39 is 0 Å². The van der Waals surface area contributed by atoms with Crippen LogP contribution in [0.5, 0.6) is 0 Å². The Morgan fingerprint density at radius 3 is 3.00 bits per heavy atom. The predicted molar refractivity (Wildman–Crippen MR) is 82.2 cm³/mol. The molecule has 21 heavy (non-hydrogen) atoms. The molecule has 1 amide bonds. The molecule has 1 unspecified atom stereocenters. The second kappa shape index (κ2) is 5.57. The number of carbonyl (C=O) groups excluding carboxylic acids is 1. The summed E-state index contributed by atoms with van der Waals surface area (Å²) >= 11 is 1.37. The molecular formula is C14H18N4O2S. The first kappa shape index (κ1) is 14.2. The van der Waals surface area contributed by atoms with Crippen LogP contribution in [0.4, 0.5) is 0 Å². The lowest BCUT2D eigenvalue weighted by molar-refractivity contribution is -0.136. The minimum Gasteiger partial charge on any atom is -0.338 e. The number of hydrogen-bond acceptors (Lipinski definition) is 5. The van der Waals surface area contributed by atoms with E-state index >= 15 is 0 Å². The van der Waals surface area contributed by atoms with E-state index in [-0.39, 0.29) is 17.4 Å². The lowest BCUT2D eigenvalue weighted by Crippen LogP contribution is -2.49. The normalized spacial score (nSPS) is 16.7. The Morgan fingerprint density at radius 2 is 2.33 bits per heavy atom. The Bertz CT molecular complexity index is 719. The quantitative estimate of drug-likeness (QED) is 0.876. The van der Waals surface area contributed by atoms with E-state index in [1.165, 1.54) is 11.3 Å². The molecule has 7 heteroatoms. The number of nitrogens with zero attached hydrogens (tertiary/aromatic N) is 2. The molecular weight excluding hydrogens is 288 g/mol. The van der Waals surface area contributed by atoms with E-state index in [1.807, 2.05) is 18.4 Å². The molecule has 0 radical (unpaired) electrons. The molecule has 0 aliphatic carbocycles. The van der Waals surface area contributed by atoms with Crippen LogP contribution in [0, 0.1) is 11.8 Å². The minimum absolute atomic E-state index is 0.00662. The van der Waals surface area contributed by atoms with Gasteiger partial charge in [0.05, 0.1) is 12.1 Å². The van der Waals surface area contributed by atoms with Crippen molar-refractivity contribution in [3.8, 4) is 0 Å². The highest BCUT2D eigenvalue weighted by Crippen LogP contribution is 2.19. The molecule has 2 N–H and O–H groups in total. The molecule has 1 fully saturated rings. The van der Waals surface area contributed by atoms with Gasteiger partial charge in [-0.15, -0.1) is 11.3 Å². The van der Waals surface area contributed by atoms with Crippen LogP contribution in [0.15, 0.2) is 16.2 Å². The zero-order valence-corrected chi connectivity index (χ0v) is 12.9. The Labute approximate surface area is 126 Å². The topological polar surface area (TPSA) is 78.1 Å². The summed E-state index contributed by atoms with van der Waals surface area (Å²) < 4.78 is 0.627. The number of amides is 1. The van der Waals surface area contributed by atoms with Gasteiger partial charge in [-0.3, -0.25) is 9.59 Å². The highest BCUT2D eigenvalue weighted by atomic mass is 32.1. The maximum absolute atomic E-state index is 12.4. The number of rotatable bonds is 4. The number of thiophene rings is 1. The summed E-state index contributed by atoms with van der Waals surface area (Å²) in [6.45, 7) is 4.08.